The molecule has 0 aliphatic carbocycles. The van der Waals surface area contributed by atoms with Gasteiger partial charge in [-0.05, 0) is 26.1 Å². The molecule has 0 aliphatic rings. The summed E-state index contributed by atoms with van der Waals surface area (Å²) < 4.78 is 5.66. The molecule has 1 N–H and O–H groups in total. The number of ether oxygens (including phenoxy) is 1. The summed E-state index contributed by atoms with van der Waals surface area (Å²) in [4.78, 5) is 4.46. The maximum Gasteiger partial charge on any atom is 0.131 e. The Kier molecular flexibility index (Phi) is 4.12. The number of nitrogens with zero attached hydrogens (tertiary/aromatic N) is 1. The molecule has 1 aromatic heterocycles. The molecule has 17 heavy (non-hydrogen) atoms. The summed E-state index contributed by atoms with van der Waals surface area (Å²) in [6, 6.07) is 8.05. The SMILES string of the molecule is CNCc1nc(COc2ccc(C)cc2)cs1. The first-order valence-electron chi connectivity index (χ1n) is 5.55. The number of nitrogens with one attached hydrogen (secondary N) is 1. The van der Waals surface area contributed by atoms with Crippen molar-refractivity contribution >= 4 is 11.3 Å². The van der Waals surface area contributed by atoms with E-state index in [0.29, 0.717) is 6.61 Å². The Morgan fingerprint density at radius 3 is 2.76 bits per heavy atom. The van der Waals surface area contributed by atoms with Crippen LogP contribution in [0.2, 0.25) is 0 Å². The molecule has 0 saturated carbocycles. The lowest BCUT2D eigenvalue weighted by Crippen LogP contribution is -2.05. The predicted octanol–water partition coefficient (Wildman–Crippen LogP) is 2.75. The number of aromatic nitrogens is 1. The topological polar surface area (TPSA) is 34.2 Å². The second-order valence-corrected chi connectivity index (χ2v) is 4.81. The van der Waals surface area contributed by atoms with Crippen LogP contribution in [0.4, 0.5) is 0 Å². The van der Waals surface area contributed by atoms with Crippen LogP contribution in [0, 0.1) is 6.92 Å². The zero-order valence-corrected chi connectivity index (χ0v) is 10.9. The van der Waals surface area contributed by atoms with Crippen molar-refractivity contribution in [2.45, 2.75) is 20.1 Å². The van der Waals surface area contributed by atoms with Gasteiger partial charge in [0.05, 0.1) is 5.69 Å². The first-order valence-corrected chi connectivity index (χ1v) is 6.43. The van der Waals surface area contributed by atoms with Crippen molar-refractivity contribution in [3.63, 3.8) is 0 Å². The summed E-state index contributed by atoms with van der Waals surface area (Å²) in [5.41, 5.74) is 2.23. The fourth-order valence-electron chi connectivity index (χ4n) is 1.44. The van der Waals surface area contributed by atoms with Gasteiger partial charge in [0.1, 0.15) is 17.4 Å². The molecule has 0 aliphatic heterocycles. The van der Waals surface area contributed by atoms with Crippen LogP contribution in [0.25, 0.3) is 0 Å². The van der Waals surface area contributed by atoms with E-state index in [1.165, 1.54) is 5.56 Å². The van der Waals surface area contributed by atoms with Crippen LogP contribution >= 0.6 is 11.3 Å². The third kappa shape index (κ3) is 3.54. The Morgan fingerprint density at radius 1 is 1.29 bits per heavy atom. The monoisotopic (exact) mass is 248 g/mol. The minimum absolute atomic E-state index is 0.531. The summed E-state index contributed by atoms with van der Waals surface area (Å²) in [7, 11) is 1.92. The Morgan fingerprint density at radius 2 is 2.06 bits per heavy atom. The lowest BCUT2D eigenvalue weighted by Gasteiger charge is -2.04. The van der Waals surface area contributed by atoms with Crippen LogP contribution in [0.15, 0.2) is 29.6 Å². The van der Waals surface area contributed by atoms with Gasteiger partial charge in [-0.2, -0.15) is 0 Å². The molecule has 0 amide bonds. The molecule has 4 heteroatoms. The summed E-state index contributed by atoms with van der Waals surface area (Å²) in [5.74, 6) is 0.888. The van der Waals surface area contributed by atoms with Gasteiger partial charge in [-0.3, -0.25) is 0 Å². The number of thiazole rings is 1. The molecule has 0 fully saturated rings. The number of rotatable bonds is 5. The second-order valence-electron chi connectivity index (χ2n) is 3.86. The molecular formula is C13H16N2OS. The van der Waals surface area contributed by atoms with Crippen LogP contribution in [0.3, 0.4) is 0 Å². The average molecular weight is 248 g/mol. The van der Waals surface area contributed by atoms with Gasteiger partial charge in [-0.1, -0.05) is 17.7 Å². The largest absolute Gasteiger partial charge is 0.487 e. The Hall–Kier alpha value is -1.39. The summed E-state index contributed by atoms with van der Waals surface area (Å²) in [6.45, 7) is 3.41. The highest BCUT2D eigenvalue weighted by molar-refractivity contribution is 7.09. The maximum absolute atomic E-state index is 5.66. The van der Waals surface area contributed by atoms with E-state index in [2.05, 4.69) is 17.2 Å². The van der Waals surface area contributed by atoms with Crippen molar-refractivity contribution in [1.29, 1.82) is 0 Å². The van der Waals surface area contributed by atoms with Crippen molar-refractivity contribution in [2.75, 3.05) is 7.05 Å². The van der Waals surface area contributed by atoms with Gasteiger partial charge in [-0.25, -0.2) is 4.98 Å². The normalized spacial score (nSPS) is 10.5. The zero-order chi connectivity index (χ0) is 12.1. The van der Waals surface area contributed by atoms with E-state index in [0.717, 1.165) is 23.0 Å². The Bertz CT molecular complexity index is 465. The number of hydrogen-bond acceptors (Lipinski definition) is 4. The fourth-order valence-corrected chi connectivity index (χ4v) is 2.23. The van der Waals surface area contributed by atoms with Gasteiger partial charge in [0.25, 0.3) is 0 Å². The lowest BCUT2D eigenvalue weighted by molar-refractivity contribution is 0.302. The zero-order valence-electron chi connectivity index (χ0n) is 10.1. The van der Waals surface area contributed by atoms with E-state index >= 15 is 0 Å². The fraction of sp³-hybridized carbons (Fsp3) is 0.308. The van der Waals surface area contributed by atoms with Gasteiger partial charge >= 0.3 is 0 Å². The highest BCUT2D eigenvalue weighted by Gasteiger charge is 2.02. The standard InChI is InChI=1S/C13H16N2OS/c1-10-3-5-12(6-4-10)16-8-11-9-17-13(15-11)7-14-2/h3-6,9,14H,7-8H2,1-2H3. The van der Waals surface area contributed by atoms with Crippen LogP contribution < -0.4 is 10.1 Å². The van der Waals surface area contributed by atoms with Crippen LogP contribution in [-0.2, 0) is 13.2 Å². The molecule has 1 aromatic carbocycles. The molecular weight excluding hydrogens is 232 g/mol. The van der Waals surface area contributed by atoms with Crippen molar-refractivity contribution in [2.24, 2.45) is 0 Å². The van der Waals surface area contributed by atoms with E-state index < -0.39 is 0 Å². The van der Waals surface area contributed by atoms with E-state index in [1.54, 1.807) is 11.3 Å². The number of benzene rings is 1. The van der Waals surface area contributed by atoms with Crippen LogP contribution in [0.5, 0.6) is 5.75 Å². The molecule has 0 unspecified atom stereocenters. The van der Waals surface area contributed by atoms with E-state index in [4.69, 9.17) is 4.74 Å². The highest BCUT2D eigenvalue weighted by atomic mass is 32.1. The van der Waals surface area contributed by atoms with Gasteiger partial charge in [0.15, 0.2) is 0 Å². The van der Waals surface area contributed by atoms with Gasteiger partial charge in [0.2, 0.25) is 0 Å². The Labute approximate surface area is 105 Å². The minimum atomic E-state index is 0.531. The smallest absolute Gasteiger partial charge is 0.131 e. The van der Waals surface area contributed by atoms with Gasteiger partial charge in [-0.15, -0.1) is 11.3 Å². The highest BCUT2D eigenvalue weighted by Crippen LogP contribution is 2.15. The molecule has 2 aromatic rings. The van der Waals surface area contributed by atoms with E-state index in [1.807, 2.05) is 36.7 Å². The third-order valence-electron chi connectivity index (χ3n) is 2.34. The molecule has 90 valence electrons. The molecule has 2 rings (SSSR count). The van der Waals surface area contributed by atoms with E-state index in [-0.39, 0.29) is 0 Å². The van der Waals surface area contributed by atoms with Crippen molar-refractivity contribution in [1.82, 2.24) is 10.3 Å². The van der Waals surface area contributed by atoms with Gasteiger partial charge in [0, 0.05) is 11.9 Å². The summed E-state index contributed by atoms with van der Waals surface area (Å²) in [6.07, 6.45) is 0. The molecule has 1 heterocycles. The quantitative estimate of drug-likeness (QED) is 0.883. The number of aryl methyl sites for hydroxylation is 1. The Balaban J connectivity index is 1.90. The lowest BCUT2D eigenvalue weighted by atomic mass is 10.2. The van der Waals surface area contributed by atoms with E-state index in [9.17, 15) is 0 Å². The molecule has 0 atom stereocenters. The summed E-state index contributed by atoms with van der Waals surface area (Å²) >= 11 is 1.66. The summed E-state index contributed by atoms with van der Waals surface area (Å²) in [5, 5.41) is 6.22. The first kappa shape index (κ1) is 12.1. The molecule has 0 radical (unpaired) electrons. The predicted molar refractivity (Wildman–Crippen MR) is 70.4 cm³/mol. The van der Waals surface area contributed by atoms with Crippen LogP contribution in [0.1, 0.15) is 16.3 Å². The van der Waals surface area contributed by atoms with Crippen molar-refractivity contribution in [3.8, 4) is 5.75 Å². The first-order chi connectivity index (χ1) is 8.28. The molecule has 0 spiro atoms. The third-order valence-corrected chi connectivity index (χ3v) is 3.23. The van der Waals surface area contributed by atoms with Crippen molar-refractivity contribution in [3.05, 3.63) is 45.9 Å². The molecule has 0 saturated heterocycles. The minimum Gasteiger partial charge on any atom is -0.487 e. The van der Waals surface area contributed by atoms with Gasteiger partial charge < -0.3 is 10.1 Å². The molecule has 3 nitrogen and oxygen atoms in total. The average Bonchev–Trinajstić information content (AvgIpc) is 2.77. The maximum atomic E-state index is 5.66. The second kappa shape index (κ2) is 5.80. The van der Waals surface area contributed by atoms with Crippen molar-refractivity contribution < 1.29 is 4.74 Å². The number of hydrogen-bond donors (Lipinski definition) is 1. The molecule has 0 bridgehead atoms. The van der Waals surface area contributed by atoms with Crippen LogP contribution in [-0.4, -0.2) is 12.0 Å².